The zero-order valence-corrected chi connectivity index (χ0v) is 22.3. The second kappa shape index (κ2) is 9.49. The molecule has 0 bridgehead atoms. The Morgan fingerprint density at radius 3 is 1.70 bits per heavy atom. The van der Waals surface area contributed by atoms with E-state index < -0.39 is 20.0 Å². The van der Waals surface area contributed by atoms with Crippen molar-refractivity contribution in [3.05, 3.63) is 57.6 Å². The van der Waals surface area contributed by atoms with Gasteiger partial charge in [-0.3, -0.25) is 0 Å². The third-order valence-corrected chi connectivity index (χ3v) is 10.4. The zero-order chi connectivity index (χ0) is 24.7. The zero-order valence-electron chi connectivity index (χ0n) is 20.7. The quantitative estimate of drug-likeness (QED) is 0.570. The number of benzene rings is 2. The van der Waals surface area contributed by atoms with Gasteiger partial charge in [-0.25, -0.2) is 21.6 Å². The summed E-state index contributed by atoms with van der Waals surface area (Å²) < 4.78 is 57.0. The van der Waals surface area contributed by atoms with Crippen LogP contribution in [0.3, 0.4) is 0 Å². The van der Waals surface area contributed by atoms with Crippen molar-refractivity contribution in [3.8, 4) is 0 Å². The fourth-order valence-corrected chi connectivity index (χ4v) is 8.49. The Labute approximate surface area is 199 Å². The van der Waals surface area contributed by atoms with Crippen LogP contribution in [0.15, 0.2) is 34.1 Å². The van der Waals surface area contributed by atoms with E-state index >= 15 is 0 Å². The number of sulfonamides is 2. The molecule has 6 nitrogen and oxygen atoms in total. The van der Waals surface area contributed by atoms with Crippen LogP contribution in [0.2, 0.25) is 0 Å². The van der Waals surface area contributed by atoms with Crippen LogP contribution in [0, 0.1) is 53.4 Å². The summed E-state index contributed by atoms with van der Waals surface area (Å²) in [6.45, 7) is 14.2. The van der Waals surface area contributed by atoms with Crippen molar-refractivity contribution < 1.29 is 16.8 Å². The average molecular weight is 493 g/mol. The molecule has 1 aliphatic carbocycles. The predicted octanol–water partition coefficient (Wildman–Crippen LogP) is 4.16. The Bertz CT molecular complexity index is 1220. The number of nitrogens with zero attached hydrogens (tertiary/aromatic N) is 1. The standard InChI is InChI=1S/C25H36N2O4S2/c1-8-27(33(30,31)25-20(6)11-17(3)12-21(25)7)15-23-13-22(23)14-26-32(28,29)24-18(4)9-16(2)10-19(24)5/h9-12,22-23,26H,8,13-15H2,1-7H3/t22-,23-/m0/s1. The average Bonchev–Trinajstić information content (AvgIpc) is 3.40. The van der Waals surface area contributed by atoms with Gasteiger partial charge in [0.1, 0.15) is 0 Å². The van der Waals surface area contributed by atoms with E-state index in [9.17, 15) is 16.8 Å². The van der Waals surface area contributed by atoms with Gasteiger partial charge in [0, 0.05) is 19.6 Å². The van der Waals surface area contributed by atoms with Crippen molar-refractivity contribution in [2.45, 2.75) is 64.7 Å². The van der Waals surface area contributed by atoms with E-state index in [2.05, 4.69) is 4.72 Å². The minimum atomic E-state index is -3.62. The highest BCUT2D eigenvalue weighted by atomic mass is 32.2. The van der Waals surface area contributed by atoms with Crippen molar-refractivity contribution >= 4 is 20.0 Å². The van der Waals surface area contributed by atoms with Gasteiger partial charge in [-0.1, -0.05) is 42.3 Å². The lowest BCUT2D eigenvalue weighted by Crippen LogP contribution is -2.34. The molecule has 2 atom stereocenters. The lowest BCUT2D eigenvalue weighted by molar-refractivity contribution is 0.401. The lowest BCUT2D eigenvalue weighted by atomic mass is 10.1. The van der Waals surface area contributed by atoms with Gasteiger partial charge in [0.15, 0.2) is 0 Å². The molecule has 1 N–H and O–H groups in total. The molecular formula is C25H36N2O4S2. The van der Waals surface area contributed by atoms with Crippen LogP contribution < -0.4 is 4.72 Å². The van der Waals surface area contributed by atoms with E-state index in [1.807, 2.05) is 72.7 Å². The molecule has 2 aromatic rings. The topological polar surface area (TPSA) is 83.6 Å². The van der Waals surface area contributed by atoms with Crippen molar-refractivity contribution in [2.75, 3.05) is 19.6 Å². The van der Waals surface area contributed by atoms with Crippen molar-refractivity contribution in [1.29, 1.82) is 0 Å². The summed E-state index contributed by atoms with van der Waals surface area (Å²) in [7, 11) is -7.23. The van der Waals surface area contributed by atoms with Crippen LogP contribution in [-0.2, 0) is 20.0 Å². The number of rotatable bonds is 9. The largest absolute Gasteiger partial charge is 0.243 e. The Kier molecular flexibility index (Phi) is 7.44. The van der Waals surface area contributed by atoms with Crippen molar-refractivity contribution in [3.63, 3.8) is 0 Å². The molecule has 2 aromatic carbocycles. The van der Waals surface area contributed by atoms with Crippen LogP contribution in [0.5, 0.6) is 0 Å². The first-order valence-corrected chi connectivity index (χ1v) is 14.4. The molecule has 0 radical (unpaired) electrons. The van der Waals surface area contributed by atoms with Crippen LogP contribution in [0.25, 0.3) is 0 Å². The van der Waals surface area contributed by atoms with Crippen LogP contribution in [0.1, 0.15) is 46.7 Å². The minimum Gasteiger partial charge on any atom is -0.211 e. The van der Waals surface area contributed by atoms with Gasteiger partial charge >= 0.3 is 0 Å². The Balaban J connectivity index is 1.68. The first-order chi connectivity index (χ1) is 15.3. The summed E-state index contributed by atoms with van der Waals surface area (Å²) in [6, 6.07) is 7.55. The van der Waals surface area contributed by atoms with E-state index in [4.69, 9.17) is 0 Å². The molecule has 3 rings (SSSR count). The van der Waals surface area contributed by atoms with Gasteiger partial charge < -0.3 is 0 Å². The fraction of sp³-hybridized carbons (Fsp3) is 0.520. The number of aryl methyl sites for hydroxylation is 6. The molecule has 0 unspecified atom stereocenters. The normalized spacial score (nSPS) is 18.7. The van der Waals surface area contributed by atoms with Gasteiger partial charge in [-0.05, 0) is 82.1 Å². The van der Waals surface area contributed by atoms with Gasteiger partial charge in [-0.2, -0.15) is 4.31 Å². The fourth-order valence-electron chi connectivity index (χ4n) is 5.02. The number of hydrogen-bond donors (Lipinski definition) is 1. The second-order valence-electron chi connectivity index (χ2n) is 9.52. The van der Waals surface area contributed by atoms with Gasteiger partial charge in [0.05, 0.1) is 9.79 Å². The van der Waals surface area contributed by atoms with Crippen LogP contribution in [0.4, 0.5) is 0 Å². The molecule has 0 heterocycles. The summed E-state index contributed by atoms with van der Waals surface area (Å²) in [6.07, 6.45) is 0.812. The highest BCUT2D eigenvalue weighted by molar-refractivity contribution is 7.89. The molecular weight excluding hydrogens is 456 g/mol. The number of hydrogen-bond acceptors (Lipinski definition) is 4. The molecule has 0 aromatic heterocycles. The summed E-state index contributed by atoms with van der Waals surface area (Å²) >= 11 is 0. The Morgan fingerprint density at radius 1 is 0.788 bits per heavy atom. The maximum Gasteiger partial charge on any atom is 0.243 e. The highest BCUT2D eigenvalue weighted by Gasteiger charge is 2.41. The van der Waals surface area contributed by atoms with Gasteiger partial charge in [0.25, 0.3) is 0 Å². The minimum absolute atomic E-state index is 0.135. The van der Waals surface area contributed by atoms with E-state index in [1.165, 1.54) is 4.31 Å². The third-order valence-electron chi connectivity index (χ3n) is 6.47. The third kappa shape index (κ3) is 5.50. The molecule has 0 spiro atoms. The number of nitrogens with one attached hydrogen (secondary N) is 1. The molecule has 1 aliphatic rings. The molecule has 0 saturated heterocycles. The van der Waals surface area contributed by atoms with Gasteiger partial charge in [-0.15, -0.1) is 0 Å². The molecule has 0 aliphatic heterocycles. The predicted molar refractivity (Wildman–Crippen MR) is 133 cm³/mol. The summed E-state index contributed by atoms with van der Waals surface area (Å²) in [5.41, 5.74) is 5.07. The summed E-state index contributed by atoms with van der Waals surface area (Å²) in [4.78, 5) is 0.728. The monoisotopic (exact) mass is 492 g/mol. The SMILES string of the molecule is CCN(C[C@@H]1C[C@H]1CNS(=O)(=O)c1c(C)cc(C)cc1C)S(=O)(=O)c1c(C)cc(C)cc1C. The lowest BCUT2D eigenvalue weighted by Gasteiger charge is -2.23. The Hall–Kier alpha value is -1.74. The maximum absolute atomic E-state index is 13.4. The van der Waals surface area contributed by atoms with Crippen LogP contribution in [-0.4, -0.2) is 40.8 Å². The molecule has 8 heteroatoms. The van der Waals surface area contributed by atoms with E-state index in [0.29, 0.717) is 29.4 Å². The van der Waals surface area contributed by atoms with E-state index in [-0.39, 0.29) is 11.8 Å². The Morgan fingerprint density at radius 2 is 1.24 bits per heavy atom. The smallest absolute Gasteiger partial charge is 0.211 e. The summed E-state index contributed by atoms with van der Waals surface area (Å²) in [5, 5.41) is 0. The van der Waals surface area contributed by atoms with E-state index in [1.54, 1.807) is 0 Å². The van der Waals surface area contributed by atoms with Crippen molar-refractivity contribution in [1.82, 2.24) is 9.03 Å². The second-order valence-corrected chi connectivity index (χ2v) is 13.1. The molecule has 1 fully saturated rings. The molecule has 182 valence electrons. The first kappa shape index (κ1) is 25.9. The van der Waals surface area contributed by atoms with Crippen LogP contribution >= 0.6 is 0 Å². The molecule has 0 amide bonds. The van der Waals surface area contributed by atoms with Gasteiger partial charge in [0.2, 0.25) is 20.0 Å². The van der Waals surface area contributed by atoms with Crippen molar-refractivity contribution in [2.24, 2.45) is 11.8 Å². The van der Waals surface area contributed by atoms with E-state index in [0.717, 1.165) is 39.8 Å². The first-order valence-electron chi connectivity index (χ1n) is 11.4. The maximum atomic E-state index is 13.4. The molecule has 33 heavy (non-hydrogen) atoms. The summed E-state index contributed by atoms with van der Waals surface area (Å²) in [5.74, 6) is 0.281. The molecule has 1 saturated carbocycles. The highest BCUT2D eigenvalue weighted by Crippen LogP contribution is 2.40.